The molecule has 0 aromatic carbocycles. The number of hydrogen-bond acceptors (Lipinski definition) is 1. The lowest BCUT2D eigenvalue weighted by molar-refractivity contribution is -0.104. The number of hydrogen-bond donors (Lipinski definition) is 0. The molecule has 1 heteroatoms. The minimum Gasteiger partial charge on any atom is -0.298 e. The second-order valence-corrected chi connectivity index (χ2v) is 1.57. The summed E-state index contributed by atoms with van der Waals surface area (Å²) in [6.07, 6.45) is 5.74. The van der Waals surface area contributed by atoms with Crippen LogP contribution in [-0.2, 0) is 4.79 Å². The van der Waals surface area contributed by atoms with Crippen LogP contribution >= 0.6 is 0 Å². The maximum atomic E-state index is 9.95. The van der Waals surface area contributed by atoms with Crippen molar-refractivity contribution in [2.45, 2.75) is 13.8 Å². The molecule has 1 nitrogen and oxygen atoms in total. The number of aldehydes is 1. The van der Waals surface area contributed by atoms with Crippen LogP contribution in [0.3, 0.4) is 0 Å². The monoisotopic (exact) mass is 108 g/mol. The highest BCUT2D eigenvalue weighted by Crippen LogP contribution is 1.95. The zero-order chi connectivity index (χ0) is 6.57. The molecule has 0 unspecified atom stereocenters. The number of carbonyl (C=O) groups excluding carboxylic acids is 1. The minimum absolute atomic E-state index is 0.632. The molecule has 0 aliphatic rings. The smallest absolute Gasteiger partial charge is 0.146 e. The molecular formula is C7H8O. The van der Waals surface area contributed by atoms with Crippen molar-refractivity contribution in [1.29, 1.82) is 0 Å². The van der Waals surface area contributed by atoms with Crippen LogP contribution in [0.25, 0.3) is 0 Å². The number of rotatable bonds is 1. The molecule has 0 aromatic heterocycles. The maximum absolute atomic E-state index is 9.95. The van der Waals surface area contributed by atoms with E-state index in [0.29, 0.717) is 11.1 Å². The number of allylic oxidation sites excluding steroid dienone is 2. The molecule has 0 N–H and O–H groups in total. The topological polar surface area (TPSA) is 17.1 Å². The zero-order valence-electron chi connectivity index (χ0n) is 5.06. The Balaban J connectivity index is 4.33. The molecule has 0 spiro atoms. The molecule has 0 rings (SSSR count). The maximum Gasteiger partial charge on any atom is 0.146 e. The molecule has 0 heterocycles. The van der Waals surface area contributed by atoms with Gasteiger partial charge >= 0.3 is 0 Å². The van der Waals surface area contributed by atoms with Gasteiger partial charge in [0.05, 0.1) is 0 Å². The lowest BCUT2D eigenvalue weighted by Crippen LogP contribution is -1.80. The van der Waals surface area contributed by atoms with E-state index in [9.17, 15) is 4.79 Å². The average molecular weight is 108 g/mol. The summed E-state index contributed by atoms with van der Waals surface area (Å²) in [5.74, 6) is 2.36. The molecule has 8 heavy (non-hydrogen) atoms. The van der Waals surface area contributed by atoms with Crippen LogP contribution in [0.5, 0.6) is 0 Å². The third-order valence-electron chi connectivity index (χ3n) is 0.985. The van der Waals surface area contributed by atoms with Gasteiger partial charge in [-0.25, -0.2) is 0 Å². The van der Waals surface area contributed by atoms with Crippen LogP contribution < -0.4 is 0 Å². The molecule has 0 aliphatic carbocycles. The van der Waals surface area contributed by atoms with Crippen molar-refractivity contribution < 1.29 is 4.79 Å². The largest absolute Gasteiger partial charge is 0.298 e. The van der Waals surface area contributed by atoms with Gasteiger partial charge in [-0.2, -0.15) is 0 Å². The van der Waals surface area contributed by atoms with Crippen LogP contribution in [0, 0.1) is 12.3 Å². The standard InChI is InChI=1S/C7H8O/c1-4-6(2)7(3)5-8/h1,5H,2-3H3. The molecule has 0 bridgehead atoms. The quantitative estimate of drug-likeness (QED) is 0.280. The Labute approximate surface area is 49.4 Å². The van der Waals surface area contributed by atoms with Crippen molar-refractivity contribution >= 4 is 6.29 Å². The Bertz CT molecular complexity index is 158. The van der Waals surface area contributed by atoms with Gasteiger partial charge in [-0.05, 0) is 19.4 Å². The third kappa shape index (κ3) is 1.61. The average Bonchev–Trinajstić information content (AvgIpc) is 1.84. The summed E-state index contributed by atoms with van der Waals surface area (Å²) in [4.78, 5) is 9.95. The van der Waals surface area contributed by atoms with Crippen LogP contribution in [0.15, 0.2) is 11.1 Å². The van der Waals surface area contributed by atoms with E-state index in [0.717, 1.165) is 6.29 Å². The van der Waals surface area contributed by atoms with Gasteiger partial charge in [0.25, 0.3) is 0 Å². The van der Waals surface area contributed by atoms with E-state index in [-0.39, 0.29) is 0 Å². The molecule has 42 valence electrons. The van der Waals surface area contributed by atoms with Gasteiger partial charge in [-0.15, -0.1) is 6.42 Å². The normalized spacial score (nSPS) is 11.6. The molecule has 0 saturated heterocycles. The Kier molecular flexibility index (Phi) is 2.64. The summed E-state index contributed by atoms with van der Waals surface area (Å²) in [6.45, 7) is 3.44. The van der Waals surface area contributed by atoms with Gasteiger partial charge in [0.15, 0.2) is 0 Å². The van der Waals surface area contributed by atoms with E-state index in [1.54, 1.807) is 13.8 Å². The van der Waals surface area contributed by atoms with E-state index in [2.05, 4.69) is 5.92 Å². The van der Waals surface area contributed by atoms with Crippen LogP contribution in [0.2, 0.25) is 0 Å². The molecular weight excluding hydrogens is 100 g/mol. The zero-order valence-corrected chi connectivity index (χ0v) is 5.06. The molecule has 0 radical (unpaired) electrons. The fraction of sp³-hybridized carbons (Fsp3) is 0.286. The van der Waals surface area contributed by atoms with Crippen molar-refractivity contribution in [3.8, 4) is 12.3 Å². The molecule has 0 aromatic rings. The second kappa shape index (κ2) is 3.04. The van der Waals surface area contributed by atoms with Gasteiger partial charge in [-0.1, -0.05) is 5.92 Å². The summed E-state index contributed by atoms with van der Waals surface area (Å²) >= 11 is 0. The van der Waals surface area contributed by atoms with Gasteiger partial charge in [0, 0.05) is 5.57 Å². The second-order valence-electron chi connectivity index (χ2n) is 1.57. The Hall–Kier alpha value is -1.03. The van der Waals surface area contributed by atoms with Gasteiger partial charge < -0.3 is 0 Å². The third-order valence-corrected chi connectivity index (χ3v) is 0.985. The Morgan fingerprint density at radius 3 is 2.25 bits per heavy atom. The van der Waals surface area contributed by atoms with Crippen LogP contribution in [0.4, 0.5) is 0 Å². The Morgan fingerprint density at radius 1 is 1.62 bits per heavy atom. The molecule has 0 amide bonds. The lowest BCUT2D eigenvalue weighted by Gasteiger charge is -1.86. The molecule has 0 aliphatic heterocycles. The summed E-state index contributed by atoms with van der Waals surface area (Å²) in [6, 6.07) is 0. The first-order valence-corrected chi connectivity index (χ1v) is 2.31. The predicted octanol–water partition coefficient (Wildman–Crippen LogP) is 1.15. The summed E-state index contributed by atoms with van der Waals surface area (Å²) in [5.41, 5.74) is 1.34. The van der Waals surface area contributed by atoms with E-state index in [1.807, 2.05) is 0 Å². The van der Waals surface area contributed by atoms with Crippen molar-refractivity contribution in [2.24, 2.45) is 0 Å². The highest BCUT2D eigenvalue weighted by molar-refractivity contribution is 5.74. The first kappa shape index (κ1) is 6.97. The molecule has 0 saturated carbocycles. The Morgan fingerprint density at radius 2 is 2.12 bits per heavy atom. The van der Waals surface area contributed by atoms with E-state index >= 15 is 0 Å². The highest BCUT2D eigenvalue weighted by atomic mass is 16.1. The van der Waals surface area contributed by atoms with Crippen LogP contribution in [-0.4, -0.2) is 6.29 Å². The van der Waals surface area contributed by atoms with Gasteiger partial charge in [-0.3, -0.25) is 4.79 Å². The van der Waals surface area contributed by atoms with E-state index < -0.39 is 0 Å². The lowest BCUT2D eigenvalue weighted by atomic mass is 10.2. The highest BCUT2D eigenvalue weighted by Gasteiger charge is 1.86. The van der Waals surface area contributed by atoms with E-state index in [1.165, 1.54) is 0 Å². The van der Waals surface area contributed by atoms with Crippen molar-refractivity contribution in [3.05, 3.63) is 11.1 Å². The number of carbonyl (C=O) groups is 1. The van der Waals surface area contributed by atoms with Gasteiger partial charge in [0.1, 0.15) is 6.29 Å². The van der Waals surface area contributed by atoms with Crippen molar-refractivity contribution in [3.63, 3.8) is 0 Å². The minimum atomic E-state index is 0.632. The van der Waals surface area contributed by atoms with E-state index in [4.69, 9.17) is 6.42 Å². The number of terminal acetylenes is 1. The van der Waals surface area contributed by atoms with Crippen molar-refractivity contribution in [1.82, 2.24) is 0 Å². The first-order valence-electron chi connectivity index (χ1n) is 2.31. The summed E-state index contributed by atoms with van der Waals surface area (Å²) in [5, 5.41) is 0. The fourth-order valence-corrected chi connectivity index (χ4v) is 0.202. The summed E-state index contributed by atoms with van der Waals surface area (Å²) in [7, 11) is 0. The summed E-state index contributed by atoms with van der Waals surface area (Å²) < 4.78 is 0. The SMILES string of the molecule is C#CC(C)=C(C)C=O. The molecule has 0 atom stereocenters. The van der Waals surface area contributed by atoms with Crippen LogP contribution in [0.1, 0.15) is 13.8 Å². The van der Waals surface area contributed by atoms with Gasteiger partial charge in [0.2, 0.25) is 0 Å². The van der Waals surface area contributed by atoms with Crippen molar-refractivity contribution in [2.75, 3.05) is 0 Å². The molecule has 0 fully saturated rings. The first-order chi connectivity index (χ1) is 3.72. The fourth-order valence-electron chi connectivity index (χ4n) is 0.202. The predicted molar refractivity (Wildman–Crippen MR) is 33.3 cm³/mol.